The van der Waals surface area contributed by atoms with Crippen molar-refractivity contribution in [1.82, 2.24) is 16.0 Å². The van der Waals surface area contributed by atoms with Gasteiger partial charge in [0.25, 0.3) is 0 Å². The van der Waals surface area contributed by atoms with Crippen molar-refractivity contribution in [2.24, 2.45) is 5.73 Å². The van der Waals surface area contributed by atoms with E-state index in [4.69, 9.17) is 10.5 Å². The highest BCUT2D eigenvalue weighted by Crippen LogP contribution is 2.37. The molecule has 0 saturated heterocycles. The number of carboxylic acid groups (broad SMARTS) is 1. The van der Waals surface area contributed by atoms with Gasteiger partial charge in [0.15, 0.2) is 6.04 Å². The lowest BCUT2D eigenvalue weighted by Gasteiger charge is -2.37. The van der Waals surface area contributed by atoms with Crippen LogP contribution in [0.4, 0.5) is 0 Å². The second-order valence-electron chi connectivity index (χ2n) is 12.3. The van der Waals surface area contributed by atoms with Crippen molar-refractivity contribution in [3.05, 3.63) is 108 Å². The number of hydrogen-bond donors (Lipinski definition) is 5. The Morgan fingerprint density at radius 1 is 0.809 bits per heavy atom. The SMILES string of the molecule is CSCC[C@H](N)C(=O)N[C@@H](CC(=O)NC(c1ccccc1)(c1ccccc1)c1ccccc1)C(=O)N[C@H](C(=O)O)[C@@H](C)OC(C)(C)C. The van der Waals surface area contributed by atoms with Crippen LogP contribution in [0, 0.1) is 0 Å². The average Bonchev–Trinajstić information content (AvgIpc) is 3.04. The smallest absolute Gasteiger partial charge is 0.328 e. The van der Waals surface area contributed by atoms with Crippen molar-refractivity contribution in [3.8, 4) is 0 Å². The number of nitrogens with two attached hydrogens (primary N) is 1. The van der Waals surface area contributed by atoms with Crippen LogP contribution in [0.5, 0.6) is 0 Å². The Bertz CT molecular complexity index is 1370. The number of aliphatic carboxylic acids is 1. The summed E-state index contributed by atoms with van der Waals surface area (Å²) in [5, 5.41) is 18.3. The zero-order chi connectivity index (χ0) is 34.6. The molecule has 0 radical (unpaired) electrons. The summed E-state index contributed by atoms with van der Waals surface area (Å²) in [7, 11) is 0. The molecule has 0 fully saturated rings. The molecule has 4 atom stereocenters. The molecule has 0 aliphatic rings. The fourth-order valence-electron chi connectivity index (χ4n) is 5.35. The molecule has 0 spiro atoms. The van der Waals surface area contributed by atoms with E-state index >= 15 is 0 Å². The lowest BCUT2D eigenvalue weighted by Crippen LogP contribution is -2.59. The summed E-state index contributed by atoms with van der Waals surface area (Å²) in [6.07, 6.45) is 0.812. The van der Waals surface area contributed by atoms with Crippen molar-refractivity contribution in [3.63, 3.8) is 0 Å². The first-order chi connectivity index (χ1) is 22.3. The van der Waals surface area contributed by atoms with E-state index in [1.165, 1.54) is 18.7 Å². The Labute approximate surface area is 281 Å². The monoisotopic (exact) mass is 662 g/mol. The summed E-state index contributed by atoms with van der Waals surface area (Å²) in [6.45, 7) is 6.85. The van der Waals surface area contributed by atoms with Crippen molar-refractivity contribution in [2.45, 2.75) is 75.9 Å². The highest BCUT2D eigenvalue weighted by atomic mass is 32.2. The maximum atomic E-state index is 14.1. The second-order valence-corrected chi connectivity index (χ2v) is 13.3. The zero-order valence-corrected chi connectivity index (χ0v) is 28.4. The third-order valence-electron chi connectivity index (χ3n) is 7.51. The molecule has 3 aromatic carbocycles. The Kier molecular flexibility index (Phi) is 13.6. The van der Waals surface area contributed by atoms with Crippen molar-refractivity contribution < 1.29 is 29.0 Å². The van der Waals surface area contributed by atoms with E-state index < -0.39 is 65.5 Å². The minimum atomic E-state index is -1.45. The van der Waals surface area contributed by atoms with Gasteiger partial charge in [0, 0.05) is 0 Å². The van der Waals surface area contributed by atoms with Gasteiger partial charge in [0.1, 0.15) is 11.6 Å². The molecule has 0 saturated carbocycles. The van der Waals surface area contributed by atoms with Crippen LogP contribution in [0.25, 0.3) is 0 Å². The van der Waals surface area contributed by atoms with E-state index in [9.17, 15) is 24.3 Å². The van der Waals surface area contributed by atoms with E-state index in [1.54, 1.807) is 20.8 Å². The summed E-state index contributed by atoms with van der Waals surface area (Å²) < 4.78 is 5.81. The molecule has 0 aliphatic carbocycles. The zero-order valence-electron chi connectivity index (χ0n) is 27.6. The van der Waals surface area contributed by atoms with Gasteiger partial charge in [-0.3, -0.25) is 14.4 Å². The normalized spacial score (nSPS) is 14.3. The molecule has 0 aliphatic heterocycles. The van der Waals surface area contributed by atoms with Gasteiger partial charge in [0.05, 0.1) is 24.2 Å². The van der Waals surface area contributed by atoms with Crippen LogP contribution in [0.3, 0.4) is 0 Å². The Hall–Kier alpha value is -4.19. The molecule has 0 unspecified atom stereocenters. The summed E-state index contributed by atoms with van der Waals surface area (Å²) in [4.78, 5) is 53.3. The van der Waals surface area contributed by atoms with Crippen LogP contribution in [0.1, 0.15) is 57.2 Å². The molecule has 3 rings (SSSR count). The van der Waals surface area contributed by atoms with Gasteiger partial charge in [-0.05, 0) is 62.8 Å². The topological polar surface area (TPSA) is 160 Å². The Balaban J connectivity index is 2.02. The van der Waals surface area contributed by atoms with Gasteiger partial charge in [-0.2, -0.15) is 11.8 Å². The predicted molar refractivity (Wildman–Crippen MR) is 185 cm³/mol. The van der Waals surface area contributed by atoms with E-state index in [-0.39, 0.29) is 0 Å². The minimum absolute atomic E-state index is 0.348. The maximum absolute atomic E-state index is 14.1. The van der Waals surface area contributed by atoms with Crippen molar-refractivity contribution in [1.29, 1.82) is 0 Å². The maximum Gasteiger partial charge on any atom is 0.328 e. The molecule has 252 valence electrons. The number of amides is 3. The number of thioether (sulfide) groups is 1. The number of ether oxygens (including phenoxy) is 1. The molecule has 10 nitrogen and oxygen atoms in total. The van der Waals surface area contributed by atoms with Gasteiger partial charge >= 0.3 is 5.97 Å². The molecule has 3 aromatic rings. The molecule has 11 heteroatoms. The fourth-order valence-corrected chi connectivity index (χ4v) is 5.84. The molecule has 0 heterocycles. The summed E-state index contributed by atoms with van der Waals surface area (Å²) in [5.74, 6) is -2.75. The standard InChI is InChI=1S/C36H46N4O6S/c1-24(46-35(2,3)4)31(34(44)45)39-33(43)29(38-32(42)28(37)21-22-47-5)23-30(41)40-36(25-15-9-6-10-16-25,26-17-11-7-12-18-26)27-19-13-8-14-20-27/h6-20,24,28-29,31H,21-23,37H2,1-5H3,(H,38,42)(H,39,43)(H,40,41)(H,44,45)/t24-,28+,29+,31+/m1/s1. The highest BCUT2D eigenvalue weighted by molar-refractivity contribution is 7.98. The van der Waals surface area contributed by atoms with E-state index in [1.807, 2.05) is 97.3 Å². The summed E-state index contributed by atoms with van der Waals surface area (Å²) >= 11 is 1.52. The molecular formula is C36H46N4O6S. The van der Waals surface area contributed by atoms with Gasteiger partial charge in [-0.15, -0.1) is 0 Å². The first-order valence-electron chi connectivity index (χ1n) is 15.5. The number of carboxylic acids is 1. The van der Waals surface area contributed by atoms with Crippen LogP contribution in [0.15, 0.2) is 91.0 Å². The van der Waals surface area contributed by atoms with Crippen molar-refractivity contribution >= 4 is 35.5 Å². The van der Waals surface area contributed by atoms with Crippen LogP contribution >= 0.6 is 11.8 Å². The summed E-state index contributed by atoms with van der Waals surface area (Å²) in [6, 6.07) is 24.5. The quantitative estimate of drug-likeness (QED) is 0.145. The molecule has 6 N–H and O–H groups in total. The first-order valence-corrected chi connectivity index (χ1v) is 16.9. The lowest BCUT2D eigenvalue weighted by atomic mass is 9.77. The molecule has 3 amide bonds. The van der Waals surface area contributed by atoms with Crippen LogP contribution in [0.2, 0.25) is 0 Å². The number of hydrogen-bond acceptors (Lipinski definition) is 7. The van der Waals surface area contributed by atoms with Crippen molar-refractivity contribution in [2.75, 3.05) is 12.0 Å². The van der Waals surface area contributed by atoms with E-state index in [0.717, 1.165) is 16.7 Å². The van der Waals surface area contributed by atoms with Gasteiger partial charge < -0.3 is 31.5 Å². The largest absolute Gasteiger partial charge is 0.480 e. The number of nitrogens with one attached hydrogen (secondary N) is 3. The number of rotatable bonds is 16. The molecule has 0 bridgehead atoms. The third-order valence-corrected chi connectivity index (χ3v) is 8.16. The minimum Gasteiger partial charge on any atom is -0.480 e. The Morgan fingerprint density at radius 3 is 1.68 bits per heavy atom. The number of benzene rings is 3. The van der Waals surface area contributed by atoms with Crippen LogP contribution in [-0.4, -0.2) is 70.6 Å². The molecule has 0 aromatic heterocycles. The fraction of sp³-hybridized carbons (Fsp3) is 0.389. The van der Waals surface area contributed by atoms with Gasteiger partial charge in [-0.25, -0.2) is 4.79 Å². The number of carbonyl (C=O) groups is 4. The lowest BCUT2D eigenvalue weighted by molar-refractivity contribution is -0.150. The highest BCUT2D eigenvalue weighted by Gasteiger charge is 2.40. The van der Waals surface area contributed by atoms with E-state index in [2.05, 4.69) is 16.0 Å². The van der Waals surface area contributed by atoms with Gasteiger partial charge in [-0.1, -0.05) is 91.0 Å². The third kappa shape index (κ3) is 10.4. The average molecular weight is 663 g/mol. The second kappa shape index (κ2) is 17.1. The van der Waals surface area contributed by atoms with Gasteiger partial charge in [0.2, 0.25) is 17.7 Å². The van der Waals surface area contributed by atoms with E-state index in [0.29, 0.717) is 12.2 Å². The molecule has 47 heavy (non-hydrogen) atoms. The predicted octanol–water partition coefficient (Wildman–Crippen LogP) is 3.82. The Morgan fingerprint density at radius 2 is 1.28 bits per heavy atom. The van der Waals surface area contributed by atoms with Crippen LogP contribution in [-0.2, 0) is 29.5 Å². The van der Waals surface area contributed by atoms with Crippen LogP contribution < -0.4 is 21.7 Å². The first kappa shape index (κ1) is 37.3. The summed E-state index contributed by atoms with van der Waals surface area (Å²) in [5.41, 5.74) is 6.57. The number of carbonyl (C=O) groups excluding carboxylic acids is 3. The molecular weight excluding hydrogens is 616 g/mol.